The number of carbonyl (C=O) groups is 1. The van der Waals surface area contributed by atoms with E-state index in [1.807, 2.05) is 18.2 Å². The van der Waals surface area contributed by atoms with Gasteiger partial charge in [-0.1, -0.05) is 0 Å². The SMILES string of the molecule is O=C(Nc1ccc2nc(C3CCCO3)[nH]c2c1)C1CCC(N2CCOCC2)CC1. The maximum Gasteiger partial charge on any atom is 0.227 e. The summed E-state index contributed by atoms with van der Waals surface area (Å²) in [5, 5.41) is 3.13. The molecule has 7 heteroatoms. The Morgan fingerprint density at radius 3 is 2.69 bits per heavy atom. The Balaban J connectivity index is 1.19. The molecule has 3 heterocycles. The number of hydrogen-bond donors (Lipinski definition) is 2. The summed E-state index contributed by atoms with van der Waals surface area (Å²) in [5.74, 6) is 1.14. The highest BCUT2D eigenvalue weighted by Gasteiger charge is 2.30. The van der Waals surface area contributed by atoms with Crippen molar-refractivity contribution in [3.8, 4) is 0 Å². The smallest absolute Gasteiger partial charge is 0.227 e. The number of H-pyrrole nitrogens is 1. The predicted molar refractivity (Wildman–Crippen MR) is 111 cm³/mol. The lowest BCUT2D eigenvalue weighted by Crippen LogP contribution is -2.45. The fraction of sp³-hybridized carbons (Fsp3) is 0.636. The van der Waals surface area contributed by atoms with Gasteiger partial charge in [0.2, 0.25) is 5.91 Å². The zero-order chi connectivity index (χ0) is 19.6. The summed E-state index contributed by atoms with van der Waals surface area (Å²) in [6, 6.07) is 6.51. The molecule has 1 amide bonds. The number of fused-ring (bicyclic) bond motifs is 1. The molecular weight excluding hydrogens is 368 g/mol. The van der Waals surface area contributed by atoms with Crippen LogP contribution in [0.1, 0.15) is 50.5 Å². The lowest BCUT2D eigenvalue weighted by molar-refractivity contribution is -0.121. The fourth-order valence-corrected chi connectivity index (χ4v) is 4.94. The lowest BCUT2D eigenvalue weighted by Gasteiger charge is -2.38. The molecule has 1 aromatic heterocycles. The fourth-order valence-electron chi connectivity index (χ4n) is 4.94. The Bertz CT molecular complexity index is 847. The van der Waals surface area contributed by atoms with E-state index in [4.69, 9.17) is 9.47 Å². The zero-order valence-corrected chi connectivity index (χ0v) is 16.9. The van der Waals surface area contributed by atoms with Crippen molar-refractivity contribution in [1.82, 2.24) is 14.9 Å². The number of aromatic nitrogens is 2. The van der Waals surface area contributed by atoms with Crippen LogP contribution in [0.25, 0.3) is 11.0 Å². The summed E-state index contributed by atoms with van der Waals surface area (Å²) in [6.45, 7) is 4.53. The second-order valence-corrected chi connectivity index (χ2v) is 8.50. The van der Waals surface area contributed by atoms with Crippen molar-refractivity contribution in [1.29, 1.82) is 0 Å². The molecule has 1 aliphatic carbocycles. The summed E-state index contributed by atoms with van der Waals surface area (Å²) in [7, 11) is 0. The zero-order valence-electron chi connectivity index (χ0n) is 16.9. The minimum atomic E-state index is 0.0714. The van der Waals surface area contributed by atoms with Crippen LogP contribution in [0.15, 0.2) is 18.2 Å². The van der Waals surface area contributed by atoms with Gasteiger partial charge in [-0.05, 0) is 56.7 Å². The van der Waals surface area contributed by atoms with Gasteiger partial charge in [-0.2, -0.15) is 0 Å². The average molecular weight is 399 g/mol. The van der Waals surface area contributed by atoms with E-state index in [0.717, 1.165) is 94.0 Å². The number of carbonyl (C=O) groups excluding carboxylic acids is 1. The first-order valence-corrected chi connectivity index (χ1v) is 11.0. The quantitative estimate of drug-likeness (QED) is 0.827. The molecule has 2 saturated heterocycles. The molecule has 2 aromatic rings. The third-order valence-corrected chi connectivity index (χ3v) is 6.63. The number of rotatable bonds is 4. The van der Waals surface area contributed by atoms with Crippen molar-refractivity contribution in [2.75, 3.05) is 38.2 Å². The number of nitrogens with one attached hydrogen (secondary N) is 2. The highest BCUT2D eigenvalue weighted by atomic mass is 16.5. The minimum Gasteiger partial charge on any atom is -0.379 e. The first kappa shape index (κ1) is 19.0. The number of amides is 1. The number of benzene rings is 1. The molecule has 0 bridgehead atoms. The Labute approximate surface area is 171 Å². The van der Waals surface area contributed by atoms with Gasteiger partial charge in [0.1, 0.15) is 11.9 Å². The molecule has 0 spiro atoms. The van der Waals surface area contributed by atoms with Gasteiger partial charge in [-0.25, -0.2) is 4.98 Å². The molecule has 2 N–H and O–H groups in total. The molecule has 29 heavy (non-hydrogen) atoms. The summed E-state index contributed by atoms with van der Waals surface area (Å²) < 4.78 is 11.2. The second-order valence-electron chi connectivity index (χ2n) is 8.50. The highest BCUT2D eigenvalue weighted by molar-refractivity contribution is 5.94. The number of ether oxygens (including phenoxy) is 2. The van der Waals surface area contributed by atoms with Gasteiger partial charge < -0.3 is 19.8 Å². The van der Waals surface area contributed by atoms with Crippen molar-refractivity contribution in [3.63, 3.8) is 0 Å². The molecule has 2 aliphatic heterocycles. The first-order valence-electron chi connectivity index (χ1n) is 11.0. The van der Waals surface area contributed by atoms with Crippen LogP contribution in [0.5, 0.6) is 0 Å². The van der Waals surface area contributed by atoms with Crippen LogP contribution >= 0.6 is 0 Å². The number of nitrogens with zero attached hydrogens (tertiary/aromatic N) is 2. The Kier molecular flexibility index (Phi) is 5.52. The molecule has 0 radical (unpaired) electrons. The lowest BCUT2D eigenvalue weighted by atomic mass is 9.84. The van der Waals surface area contributed by atoms with Crippen LogP contribution in [0.4, 0.5) is 5.69 Å². The maximum atomic E-state index is 12.8. The van der Waals surface area contributed by atoms with Crippen molar-refractivity contribution in [2.24, 2.45) is 5.92 Å². The Morgan fingerprint density at radius 2 is 1.93 bits per heavy atom. The van der Waals surface area contributed by atoms with Gasteiger partial charge in [-0.15, -0.1) is 0 Å². The summed E-state index contributed by atoms with van der Waals surface area (Å²) in [5.41, 5.74) is 2.70. The molecule has 1 aromatic carbocycles. The molecule has 1 unspecified atom stereocenters. The van der Waals surface area contributed by atoms with Gasteiger partial charge in [0, 0.05) is 37.3 Å². The summed E-state index contributed by atoms with van der Waals surface area (Å²) in [4.78, 5) is 23.4. The third-order valence-electron chi connectivity index (χ3n) is 6.63. The van der Waals surface area contributed by atoms with Crippen LogP contribution in [-0.2, 0) is 14.3 Å². The van der Waals surface area contributed by atoms with Gasteiger partial charge in [-0.3, -0.25) is 9.69 Å². The van der Waals surface area contributed by atoms with Crippen molar-refractivity contribution in [3.05, 3.63) is 24.0 Å². The monoisotopic (exact) mass is 398 g/mol. The predicted octanol–water partition coefficient (Wildman–Crippen LogP) is 3.24. The highest BCUT2D eigenvalue weighted by Crippen LogP contribution is 2.31. The number of imidazole rings is 1. The maximum absolute atomic E-state index is 12.8. The topological polar surface area (TPSA) is 79.5 Å². The molecule has 3 aliphatic rings. The standard InChI is InChI=1S/C22H30N4O3/c27-22(15-3-6-17(7-4-15)26-9-12-28-13-10-26)23-16-5-8-18-19(14-16)25-21(24-18)20-2-1-11-29-20/h5,8,14-15,17,20H,1-4,6-7,9-13H2,(H,23,27)(H,24,25). The van der Waals surface area contributed by atoms with E-state index in [0.29, 0.717) is 6.04 Å². The molecular formula is C22H30N4O3. The largest absolute Gasteiger partial charge is 0.379 e. The number of anilines is 1. The molecule has 1 saturated carbocycles. The van der Waals surface area contributed by atoms with E-state index in [9.17, 15) is 4.79 Å². The van der Waals surface area contributed by atoms with Gasteiger partial charge in [0.15, 0.2) is 0 Å². The van der Waals surface area contributed by atoms with E-state index < -0.39 is 0 Å². The van der Waals surface area contributed by atoms with Gasteiger partial charge >= 0.3 is 0 Å². The molecule has 1 atom stereocenters. The van der Waals surface area contributed by atoms with E-state index in [-0.39, 0.29) is 17.9 Å². The van der Waals surface area contributed by atoms with E-state index >= 15 is 0 Å². The average Bonchev–Trinajstić information content (AvgIpc) is 3.44. The Morgan fingerprint density at radius 1 is 1.10 bits per heavy atom. The van der Waals surface area contributed by atoms with Crippen LogP contribution in [0, 0.1) is 5.92 Å². The molecule has 7 nitrogen and oxygen atoms in total. The Hall–Kier alpha value is -1.96. The van der Waals surface area contributed by atoms with E-state index in [2.05, 4.69) is 20.2 Å². The number of hydrogen-bond acceptors (Lipinski definition) is 5. The molecule has 3 fully saturated rings. The minimum absolute atomic E-state index is 0.0714. The van der Waals surface area contributed by atoms with E-state index in [1.54, 1.807) is 0 Å². The van der Waals surface area contributed by atoms with Crippen molar-refractivity contribution < 1.29 is 14.3 Å². The first-order chi connectivity index (χ1) is 14.3. The van der Waals surface area contributed by atoms with E-state index in [1.165, 1.54) is 0 Å². The van der Waals surface area contributed by atoms with Crippen molar-refractivity contribution >= 4 is 22.6 Å². The third kappa shape index (κ3) is 4.17. The van der Waals surface area contributed by atoms with Gasteiger partial charge in [0.25, 0.3) is 0 Å². The van der Waals surface area contributed by atoms with Crippen LogP contribution in [0.3, 0.4) is 0 Å². The normalized spacial score (nSPS) is 28.6. The van der Waals surface area contributed by atoms with Crippen LogP contribution in [-0.4, -0.2) is 59.7 Å². The number of aromatic amines is 1. The second kappa shape index (κ2) is 8.42. The van der Waals surface area contributed by atoms with Crippen LogP contribution < -0.4 is 5.32 Å². The summed E-state index contributed by atoms with van der Waals surface area (Å²) in [6.07, 6.45) is 6.28. The van der Waals surface area contributed by atoms with Gasteiger partial charge in [0.05, 0.1) is 24.2 Å². The number of morpholine rings is 1. The molecule has 5 rings (SSSR count). The molecule has 156 valence electrons. The van der Waals surface area contributed by atoms with Crippen molar-refractivity contribution in [2.45, 2.75) is 50.7 Å². The van der Waals surface area contributed by atoms with Crippen LogP contribution in [0.2, 0.25) is 0 Å². The summed E-state index contributed by atoms with van der Waals surface area (Å²) >= 11 is 0.